The van der Waals surface area contributed by atoms with Crippen LogP contribution < -0.4 is 15.8 Å². The monoisotopic (exact) mass is 522 g/mol. The third-order valence-corrected chi connectivity index (χ3v) is 4.26. The molecule has 0 fully saturated rings. The lowest BCUT2D eigenvalue weighted by Crippen LogP contribution is -2.38. The Bertz CT molecular complexity index is 970. The zero-order valence-corrected chi connectivity index (χ0v) is 19.5. The highest BCUT2D eigenvalue weighted by Gasteiger charge is 2.10. The second kappa shape index (κ2) is 11.4. The number of carbonyl (C=O) groups excluding carboxylic acids is 1. The highest BCUT2D eigenvalue weighted by Crippen LogP contribution is 2.20. The summed E-state index contributed by atoms with van der Waals surface area (Å²) in [5.74, 6) is 1.74. The molecule has 3 N–H and O–H groups in total. The van der Waals surface area contributed by atoms with Crippen LogP contribution in [-0.2, 0) is 17.9 Å². The molecule has 1 heterocycles. The number of primary amides is 1. The summed E-state index contributed by atoms with van der Waals surface area (Å²) in [6.07, 6.45) is 0. The van der Waals surface area contributed by atoms with Crippen molar-refractivity contribution in [2.24, 2.45) is 10.7 Å². The number of nitrogens with two attached hydrogens (primary N) is 1. The van der Waals surface area contributed by atoms with E-state index in [1.807, 2.05) is 61.3 Å². The van der Waals surface area contributed by atoms with Gasteiger partial charge in [-0.25, -0.2) is 4.99 Å². The van der Waals surface area contributed by atoms with E-state index >= 15 is 0 Å². The number of benzene rings is 2. The summed E-state index contributed by atoms with van der Waals surface area (Å²) >= 11 is 0. The number of hydrogen-bond acceptors (Lipinski definition) is 4. The van der Waals surface area contributed by atoms with E-state index in [9.17, 15) is 4.79 Å². The van der Waals surface area contributed by atoms with Crippen LogP contribution in [0.3, 0.4) is 0 Å². The van der Waals surface area contributed by atoms with Crippen LogP contribution in [-0.4, -0.2) is 37.0 Å². The molecule has 3 aromatic rings. The van der Waals surface area contributed by atoms with Crippen LogP contribution in [0.15, 0.2) is 64.0 Å². The number of hydrogen-bond donors (Lipinski definition) is 2. The van der Waals surface area contributed by atoms with Crippen molar-refractivity contribution in [1.82, 2.24) is 10.2 Å². The zero-order chi connectivity index (χ0) is 20.6. The number of halogens is 1. The smallest absolute Gasteiger partial charge is 0.255 e. The summed E-state index contributed by atoms with van der Waals surface area (Å²) in [4.78, 5) is 17.6. The fraction of sp³-hybridized carbons (Fsp3) is 0.273. The number of ether oxygens (including phenoxy) is 1. The van der Waals surface area contributed by atoms with Crippen molar-refractivity contribution in [1.29, 1.82) is 0 Å². The second-order valence-electron chi connectivity index (χ2n) is 6.68. The van der Waals surface area contributed by atoms with Gasteiger partial charge in [-0.15, -0.1) is 24.0 Å². The number of furan rings is 1. The zero-order valence-electron chi connectivity index (χ0n) is 17.1. The van der Waals surface area contributed by atoms with Gasteiger partial charge in [0.05, 0.1) is 13.1 Å². The van der Waals surface area contributed by atoms with Gasteiger partial charge >= 0.3 is 0 Å². The van der Waals surface area contributed by atoms with E-state index in [0.717, 1.165) is 34.8 Å². The fourth-order valence-corrected chi connectivity index (χ4v) is 2.95. The Morgan fingerprint density at radius 2 is 2.00 bits per heavy atom. The van der Waals surface area contributed by atoms with Crippen molar-refractivity contribution >= 4 is 46.8 Å². The van der Waals surface area contributed by atoms with Crippen LogP contribution >= 0.6 is 24.0 Å². The standard InChI is InChI=1S/C22H26N4O3.HI/c1-3-24-22(25-13-16-7-6-9-18(11-16)28-15-21(23)27)26(2)14-19-12-17-8-4-5-10-20(17)29-19;/h4-12H,3,13-15H2,1-2H3,(H2,23,27)(H,24,25);1H. The molecule has 0 saturated heterocycles. The molecule has 0 aliphatic heterocycles. The molecule has 0 radical (unpaired) electrons. The molecule has 160 valence electrons. The average Bonchev–Trinajstić information content (AvgIpc) is 3.12. The van der Waals surface area contributed by atoms with Crippen LogP contribution in [0.2, 0.25) is 0 Å². The Kier molecular flexibility index (Phi) is 8.97. The van der Waals surface area contributed by atoms with Gasteiger partial charge in [-0.1, -0.05) is 30.3 Å². The van der Waals surface area contributed by atoms with Crippen molar-refractivity contribution < 1.29 is 13.9 Å². The minimum Gasteiger partial charge on any atom is -0.484 e. The molecular weight excluding hydrogens is 495 g/mol. The van der Waals surface area contributed by atoms with Gasteiger partial charge in [-0.05, 0) is 36.8 Å². The van der Waals surface area contributed by atoms with Crippen molar-refractivity contribution in [3.8, 4) is 5.75 Å². The Labute approximate surface area is 193 Å². The van der Waals surface area contributed by atoms with Crippen LogP contribution in [0.5, 0.6) is 5.75 Å². The second-order valence-corrected chi connectivity index (χ2v) is 6.68. The lowest BCUT2D eigenvalue weighted by Gasteiger charge is -2.21. The molecule has 0 unspecified atom stereocenters. The Morgan fingerprint density at radius 1 is 1.20 bits per heavy atom. The number of rotatable bonds is 8. The SMILES string of the molecule is CCNC(=NCc1cccc(OCC(N)=O)c1)N(C)Cc1cc2ccccc2o1.I. The van der Waals surface area contributed by atoms with Crippen molar-refractivity contribution in [2.75, 3.05) is 20.2 Å². The molecule has 3 rings (SSSR count). The lowest BCUT2D eigenvalue weighted by atomic mass is 10.2. The molecule has 0 atom stereocenters. The highest BCUT2D eigenvalue weighted by molar-refractivity contribution is 14.0. The Hall–Kier alpha value is -2.75. The minimum absolute atomic E-state index is 0. The van der Waals surface area contributed by atoms with Crippen LogP contribution in [0, 0.1) is 0 Å². The Balaban J connectivity index is 0.00000320. The summed E-state index contributed by atoms with van der Waals surface area (Å²) in [7, 11) is 1.97. The van der Waals surface area contributed by atoms with Crippen molar-refractivity contribution in [2.45, 2.75) is 20.0 Å². The molecule has 0 spiro atoms. The number of carbonyl (C=O) groups is 1. The summed E-state index contributed by atoms with van der Waals surface area (Å²) < 4.78 is 11.3. The number of aliphatic imine (C=N–C) groups is 1. The van der Waals surface area contributed by atoms with E-state index in [4.69, 9.17) is 19.9 Å². The quantitative estimate of drug-likeness (QED) is 0.269. The molecule has 0 aliphatic carbocycles. The number of fused-ring (bicyclic) bond motifs is 1. The molecule has 1 amide bonds. The molecular formula is C22H27IN4O3. The largest absolute Gasteiger partial charge is 0.484 e. The number of nitrogens with zero attached hydrogens (tertiary/aromatic N) is 2. The maximum atomic E-state index is 10.9. The van der Waals surface area contributed by atoms with E-state index in [1.165, 1.54) is 0 Å². The van der Waals surface area contributed by atoms with Crippen LogP contribution in [0.4, 0.5) is 0 Å². The molecule has 0 saturated carbocycles. The summed E-state index contributed by atoms with van der Waals surface area (Å²) in [5, 5.41) is 4.39. The van der Waals surface area contributed by atoms with E-state index in [2.05, 4.69) is 11.4 Å². The van der Waals surface area contributed by atoms with E-state index in [1.54, 1.807) is 6.07 Å². The fourth-order valence-electron chi connectivity index (χ4n) is 2.95. The molecule has 2 aromatic carbocycles. The van der Waals surface area contributed by atoms with Gasteiger partial charge in [-0.2, -0.15) is 0 Å². The van der Waals surface area contributed by atoms with E-state index < -0.39 is 5.91 Å². The van der Waals surface area contributed by atoms with Gasteiger partial charge in [0.25, 0.3) is 5.91 Å². The van der Waals surface area contributed by atoms with Crippen LogP contribution in [0.25, 0.3) is 11.0 Å². The first kappa shape index (κ1) is 23.5. The maximum Gasteiger partial charge on any atom is 0.255 e. The van der Waals surface area contributed by atoms with E-state index in [0.29, 0.717) is 18.8 Å². The van der Waals surface area contributed by atoms with Gasteiger partial charge in [0.15, 0.2) is 12.6 Å². The molecule has 0 aliphatic rings. The van der Waals surface area contributed by atoms with Gasteiger partial charge in [-0.3, -0.25) is 4.79 Å². The Morgan fingerprint density at radius 3 is 2.73 bits per heavy atom. The minimum atomic E-state index is -0.505. The third-order valence-electron chi connectivity index (χ3n) is 4.26. The molecule has 30 heavy (non-hydrogen) atoms. The average molecular weight is 522 g/mol. The predicted molar refractivity (Wildman–Crippen MR) is 129 cm³/mol. The van der Waals surface area contributed by atoms with E-state index in [-0.39, 0.29) is 30.6 Å². The van der Waals surface area contributed by atoms with Crippen molar-refractivity contribution in [3.05, 3.63) is 65.9 Å². The number of amides is 1. The first-order valence-electron chi connectivity index (χ1n) is 9.52. The van der Waals surface area contributed by atoms with Gasteiger partial charge in [0.1, 0.15) is 17.1 Å². The normalized spacial score (nSPS) is 11.1. The van der Waals surface area contributed by atoms with Gasteiger partial charge in [0.2, 0.25) is 0 Å². The predicted octanol–water partition coefficient (Wildman–Crippen LogP) is 3.51. The first-order valence-corrected chi connectivity index (χ1v) is 9.52. The number of nitrogens with one attached hydrogen (secondary N) is 1. The third kappa shape index (κ3) is 6.65. The summed E-state index contributed by atoms with van der Waals surface area (Å²) in [5.41, 5.74) is 6.98. The lowest BCUT2D eigenvalue weighted by molar-refractivity contribution is -0.119. The topological polar surface area (TPSA) is 93.1 Å². The summed E-state index contributed by atoms with van der Waals surface area (Å²) in [6.45, 7) is 3.71. The molecule has 1 aromatic heterocycles. The maximum absolute atomic E-state index is 10.9. The number of guanidine groups is 1. The molecule has 7 nitrogen and oxygen atoms in total. The van der Waals surface area contributed by atoms with Gasteiger partial charge < -0.3 is 25.1 Å². The molecule has 0 bridgehead atoms. The van der Waals surface area contributed by atoms with Gasteiger partial charge in [0, 0.05) is 19.0 Å². The summed E-state index contributed by atoms with van der Waals surface area (Å²) in [6, 6.07) is 17.5. The first-order chi connectivity index (χ1) is 14.0. The van der Waals surface area contributed by atoms with Crippen molar-refractivity contribution in [3.63, 3.8) is 0 Å². The molecule has 8 heteroatoms. The highest BCUT2D eigenvalue weighted by atomic mass is 127. The van der Waals surface area contributed by atoms with Crippen LogP contribution in [0.1, 0.15) is 18.2 Å². The number of para-hydroxylation sites is 1.